The third-order valence-electron chi connectivity index (χ3n) is 3.52. The summed E-state index contributed by atoms with van der Waals surface area (Å²) in [6.45, 7) is 5.04. The Labute approximate surface area is 117 Å². The van der Waals surface area contributed by atoms with E-state index >= 15 is 0 Å². The Bertz CT molecular complexity index is 796. The van der Waals surface area contributed by atoms with Gasteiger partial charge in [-0.25, -0.2) is 0 Å². The van der Waals surface area contributed by atoms with E-state index in [1.807, 2.05) is 0 Å². The van der Waals surface area contributed by atoms with E-state index in [1.54, 1.807) is 0 Å². The van der Waals surface area contributed by atoms with Crippen LogP contribution in [0.1, 0.15) is 16.7 Å². The minimum atomic E-state index is 0.781. The number of hydrogen-bond acceptors (Lipinski definition) is 1. The van der Waals surface area contributed by atoms with E-state index in [-0.39, 0.29) is 0 Å². The first-order chi connectivity index (χ1) is 9.15. The molecule has 1 heterocycles. The summed E-state index contributed by atoms with van der Waals surface area (Å²) in [5.74, 6) is 0. The Kier molecular flexibility index (Phi) is 2.99. The smallest absolute Gasteiger partial charge is 0.178 e. The van der Waals surface area contributed by atoms with Gasteiger partial charge in [0.25, 0.3) is 0 Å². The molecule has 3 aromatic rings. The second-order valence-corrected chi connectivity index (χ2v) is 5.35. The first kappa shape index (κ1) is 12.2. The van der Waals surface area contributed by atoms with E-state index in [1.165, 1.54) is 22.2 Å². The lowest BCUT2D eigenvalue weighted by molar-refractivity contribution is 0.805. The first-order valence-electron chi connectivity index (χ1n) is 6.39. The van der Waals surface area contributed by atoms with Crippen LogP contribution in [0.5, 0.6) is 0 Å². The fourth-order valence-electron chi connectivity index (χ4n) is 2.39. The number of aryl methyl sites for hydroxylation is 2. The van der Waals surface area contributed by atoms with Crippen LogP contribution in [0.2, 0.25) is 0 Å². The molecule has 0 aliphatic rings. The molecule has 2 aromatic carbocycles. The van der Waals surface area contributed by atoms with Crippen molar-refractivity contribution in [2.24, 2.45) is 0 Å². The highest BCUT2D eigenvalue weighted by molar-refractivity contribution is 7.71. The topological polar surface area (TPSA) is 20.7 Å². The zero-order valence-corrected chi connectivity index (χ0v) is 11.9. The fourth-order valence-corrected chi connectivity index (χ4v) is 2.67. The summed E-state index contributed by atoms with van der Waals surface area (Å²) in [5.41, 5.74) is 6.12. The molecule has 0 bridgehead atoms. The van der Waals surface area contributed by atoms with Crippen LogP contribution >= 0.6 is 12.2 Å². The van der Waals surface area contributed by atoms with Gasteiger partial charge in [0.1, 0.15) is 0 Å². The Balaban J connectivity index is 2.13. The van der Waals surface area contributed by atoms with Crippen molar-refractivity contribution in [1.82, 2.24) is 9.55 Å². The Morgan fingerprint density at radius 1 is 1.11 bits per heavy atom. The van der Waals surface area contributed by atoms with Gasteiger partial charge in [-0.1, -0.05) is 30.3 Å². The number of aromatic amines is 1. The fraction of sp³-hybridized carbons (Fsp3) is 0.188. The third kappa shape index (κ3) is 2.22. The van der Waals surface area contributed by atoms with Gasteiger partial charge in [0, 0.05) is 0 Å². The minimum absolute atomic E-state index is 0.781. The standard InChI is InChI=1S/C16H16N2S/c1-11-7-8-15-14(9-11)17-16(19)18(15)10-13-6-4-3-5-12(13)2/h3-9H,10H2,1-2H3,(H,17,19). The van der Waals surface area contributed by atoms with Gasteiger partial charge < -0.3 is 9.55 Å². The minimum Gasteiger partial charge on any atom is -0.331 e. The van der Waals surface area contributed by atoms with Crippen molar-refractivity contribution in [3.63, 3.8) is 0 Å². The van der Waals surface area contributed by atoms with Crippen LogP contribution in [-0.2, 0) is 6.54 Å². The molecule has 0 amide bonds. The number of aromatic nitrogens is 2. The van der Waals surface area contributed by atoms with Gasteiger partial charge in [-0.3, -0.25) is 0 Å². The van der Waals surface area contributed by atoms with Gasteiger partial charge >= 0.3 is 0 Å². The number of rotatable bonds is 2. The molecule has 0 spiro atoms. The molecule has 0 fully saturated rings. The van der Waals surface area contributed by atoms with Crippen molar-refractivity contribution >= 4 is 23.3 Å². The molecule has 96 valence electrons. The van der Waals surface area contributed by atoms with Crippen LogP contribution in [0.25, 0.3) is 11.0 Å². The van der Waals surface area contributed by atoms with Gasteiger partial charge in [-0.2, -0.15) is 0 Å². The number of benzene rings is 2. The Morgan fingerprint density at radius 2 is 1.89 bits per heavy atom. The van der Waals surface area contributed by atoms with E-state index in [4.69, 9.17) is 12.2 Å². The maximum Gasteiger partial charge on any atom is 0.178 e. The second-order valence-electron chi connectivity index (χ2n) is 4.96. The number of hydrogen-bond donors (Lipinski definition) is 1. The van der Waals surface area contributed by atoms with E-state index < -0.39 is 0 Å². The van der Waals surface area contributed by atoms with Crippen LogP contribution in [-0.4, -0.2) is 9.55 Å². The monoisotopic (exact) mass is 268 g/mol. The van der Waals surface area contributed by atoms with Crippen LogP contribution < -0.4 is 0 Å². The summed E-state index contributed by atoms with van der Waals surface area (Å²) in [6, 6.07) is 14.8. The lowest BCUT2D eigenvalue weighted by Gasteiger charge is -2.08. The summed E-state index contributed by atoms with van der Waals surface area (Å²) in [5, 5.41) is 0. The lowest BCUT2D eigenvalue weighted by atomic mass is 10.1. The molecule has 0 unspecified atom stereocenters. The average Bonchev–Trinajstić information content (AvgIpc) is 2.68. The van der Waals surface area contributed by atoms with E-state index in [2.05, 4.69) is 65.9 Å². The number of imidazole rings is 1. The first-order valence-corrected chi connectivity index (χ1v) is 6.79. The summed E-state index contributed by atoms with van der Waals surface area (Å²) in [4.78, 5) is 3.29. The van der Waals surface area contributed by atoms with Crippen molar-refractivity contribution in [2.45, 2.75) is 20.4 Å². The number of nitrogens with zero attached hydrogens (tertiary/aromatic N) is 1. The zero-order chi connectivity index (χ0) is 13.4. The summed E-state index contributed by atoms with van der Waals surface area (Å²) in [7, 11) is 0. The molecular formula is C16H16N2S. The summed E-state index contributed by atoms with van der Waals surface area (Å²) < 4.78 is 2.94. The maximum absolute atomic E-state index is 5.45. The van der Waals surface area contributed by atoms with E-state index in [0.717, 1.165) is 16.8 Å². The maximum atomic E-state index is 5.45. The van der Waals surface area contributed by atoms with Crippen molar-refractivity contribution < 1.29 is 0 Å². The highest BCUT2D eigenvalue weighted by atomic mass is 32.1. The molecule has 19 heavy (non-hydrogen) atoms. The molecule has 1 aromatic heterocycles. The van der Waals surface area contributed by atoms with Crippen LogP contribution in [0, 0.1) is 18.6 Å². The van der Waals surface area contributed by atoms with Crippen molar-refractivity contribution in [3.05, 3.63) is 63.9 Å². The molecule has 3 heteroatoms. The molecule has 0 saturated carbocycles. The Hall–Kier alpha value is -1.87. The number of H-pyrrole nitrogens is 1. The van der Waals surface area contributed by atoms with Gasteiger partial charge in [0.15, 0.2) is 4.77 Å². The van der Waals surface area contributed by atoms with Crippen molar-refractivity contribution in [2.75, 3.05) is 0 Å². The van der Waals surface area contributed by atoms with Gasteiger partial charge in [-0.05, 0) is 54.9 Å². The molecule has 1 N–H and O–H groups in total. The van der Waals surface area contributed by atoms with Crippen LogP contribution in [0.3, 0.4) is 0 Å². The zero-order valence-electron chi connectivity index (χ0n) is 11.1. The van der Waals surface area contributed by atoms with Crippen LogP contribution in [0.4, 0.5) is 0 Å². The predicted molar refractivity (Wildman–Crippen MR) is 82.1 cm³/mol. The van der Waals surface area contributed by atoms with Gasteiger partial charge in [0.05, 0.1) is 17.6 Å². The van der Waals surface area contributed by atoms with E-state index in [9.17, 15) is 0 Å². The molecule has 0 aliphatic carbocycles. The molecule has 0 saturated heterocycles. The SMILES string of the molecule is Cc1ccc2c(c1)[nH]c(=S)n2Cc1ccccc1C. The molecular weight excluding hydrogens is 252 g/mol. The molecule has 0 atom stereocenters. The molecule has 3 rings (SSSR count). The lowest BCUT2D eigenvalue weighted by Crippen LogP contribution is -2.01. The highest BCUT2D eigenvalue weighted by Gasteiger charge is 2.06. The van der Waals surface area contributed by atoms with Crippen molar-refractivity contribution in [3.8, 4) is 0 Å². The number of fused-ring (bicyclic) bond motifs is 1. The molecule has 0 aliphatic heterocycles. The summed E-state index contributed by atoms with van der Waals surface area (Å²) >= 11 is 5.45. The van der Waals surface area contributed by atoms with Gasteiger partial charge in [0.2, 0.25) is 0 Å². The van der Waals surface area contributed by atoms with Crippen molar-refractivity contribution in [1.29, 1.82) is 0 Å². The average molecular weight is 268 g/mol. The largest absolute Gasteiger partial charge is 0.331 e. The molecule has 0 radical (unpaired) electrons. The second kappa shape index (κ2) is 4.67. The Morgan fingerprint density at radius 3 is 2.68 bits per heavy atom. The highest BCUT2D eigenvalue weighted by Crippen LogP contribution is 2.18. The van der Waals surface area contributed by atoms with Crippen LogP contribution in [0.15, 0.2) is 42.5 Å². The summed E-state index contributed by atoms with van der Waals surface area (Å²) in [6.07, 6.45) is 0. The molecule has 2 nitrogen and oxygen atoms in total. The van der Waals surface area contributed by atoms with Gasteiger partial charge in [-0.15, -0.1) is 0 Å². The predicted octanol–water partition coefficient (Wildman–Crippen LogP) is 4.36. The normalized spacial score (nSPS) is 11.1. The quantitative estimate of drug-likeness (QED) is 0.685. The third-order valence-corrected chi connectivity index (χ3v) is 3.84. The number of nitrogens with one attached hydrogen (secondary N) is 1. The van der Waals surface area contributed by atoms with E-state index in [0.29, 0.717) is 0 Å².